The van der Waals surface area contributed by atoms with Crippen LogP contribution in [-0.4, -0.2) is 11.5 Å². The molecule has 5 heteroatoms. The number of hydrogen-bond donors (Lipinski definition) is 0. The van der Waals surface area contributed by atoms with Gasteiger partial charge in [-0.2, -0.15) is 5.26 Å². The molecule has 0 fully saturated rings. The van der Waals surface area contributed by atoms with Crippen molar-refractivity contribution in [2.45, 2.75) is 13.8 Å². The number of nitrogens with zero attached hydrogens (tertiary/aromatic N) is 3. The molecule has 0 aliphatic rings. The maximum atomic E-state index is 11.1. The zero-order chi connectivity index (χ0) is 15.4. The lowest BCUT2D eigenvalue weighted by Crippen LogP contribution is -2.16. The second kappa shape index (κ2) is 6.06. The minimum absolute atomic E-state index is 0.0732. The first-order valence-electron chi connectivity index (χ1n) is 6.59. The number of nitro groups is 1. The Labute approximate surface area is 123 Å². The molecule has 2 rings (SSSR count). The van der Waals surface area contributed by atoms with Crippen LogP contribution in [0, 0.1) is 28.4 Å². The SMILES string of the molecule is CCN(c1cccc(C)c1)c1ccc(C#N)c([N+](=O)[O-])c1. The van der Waals surface area contributed by atoms with Crippen LogP contribution in [0.5, 0.6) is 0 Å². The monoisotopic (exact) mass is 281 g/mol. The van der Waals surface area contributed by atoms with Gasteiger partial charge in [0, 0.05) is 24.0 Å². The molecule has 0 aliphatic heterocycles. The molecule has 0 spiro atoms. The summed E-state index contributed by atoms with van der Waals surface area (Å²) in [7, 11) is 0. The number of rotatable bonds is 4. The van der Waals surface area contributed by atoms with Crippen LogP contribution in [0.3, 0.4) is 0 Å². The summed E-state index contributed by atoms with van der Waals surface area (Å²) in [6.07, 6.45) is 0. The van der Waals surface area contributed by atoms with Crippen LogP contribution in [0.25, 0.3) is 0 Å². The van der Waals surface area contributed by atoms with Crippen LogP contribution in [0.4, 0.5) is 17.1 Å². The summed E-state index contributed by atoms with van der Waals surface area (Å²) in [4.78, 5) is 12.5. The van der Waals surface area contributed by atoms with Crippen molar-refractivity contribution in [3.05, 3.63) is 63.7 Å². The summed E-state index contributed by atoms with van der Waals surface area (Å²) in [6, 6.07) is 14.5. The largest absolute Gasteiger partial charge is 0.342 e. The molecule has 0 heterocycles. The molecule has 0 aromatic heterocycles. The molecule has 106 valence electrons. The highest BCUT2D eigenvalue weighted by Gasteiger charge is 2.17. The van der Waals surface area contributed by atoms with E-state index in [1.807, 2.05) is 49.1 Å². The number of nitro benzene ring substituents is 1. The first kappa shape index (κ1) is 14.5. The molecule has 5 nitrogen and oxygen atoms in total. The highest BCUT2D eigenvalue weighted by molar-refractivity contribution is 5.68. The lowest BCUT2D eigenvalue weighted by atomic mass is 10.1. The number of hydrogen-bond acceptors (Lipinski definition) is 4. The Bertz CT molecular complexity index is 720. The molecule has 0 unspecified atom stereocenters. The molecule has 2 aromatic rings. The molecule has 21 heavy (non-hydrogen) atoms. The van der Waals surface area contributed by atoms with Crippen LogP contribution < -0.4 is 4.90 Å². The van der Waals surface area contributed by atoms with E-state index in [0.717, 1.165) is 11.3 Å². The molecule has 0 N–H and O–H groups in total. The van der Waals surface area contributed by atoms with Crippen LogP contribution in [0.1, 0.15) is 18.1 Å². The summed E-state index contributed by atoms with van der Waals surface area (Å²) in [5, 5.41) is 20.0. The minimum atomic E-state index is -0.522. The molecule has 0 saturated heterocycles. The van der Waals surface area contributed by atoms with E-state index in [9.17, 15) is 10.1 Å². The van der Waals surface area contributed by atoms with Crippen LogP contribution in [-0.2, 0) is 0 Å². The van der Waals surface area contributed by atoms with Gasteiger partial charge in [0.25, 0.3) is 5.69 Å². The molecule has 0 bridgehead atoms. The smallest absolute Gasteiger partial charge is 0.289 e. The van der Waals surface area contributed by atoms with E-state index in [2.05, 4.69) is 0 Å². The average Bonchev–Trinajstić information content (AvgIpc) is 2.48. The van der Waals surface area contributed by atoms with Gasteiger partial charge in [0.1, 0.15) is 11.6 Å². The van der Waals surface area contributed by atoms with Crippen molar-refractivity contribution < 1.29 is 4.92 Å². The standard InChI is InChI=1S/C16H15N3O2/c1-3-18(14-6-4-5-12(2)9-14)15-8-7-13(11-17)16(10-15)19(20)21/h4-10H,3H2,1-2H3. The Hall–Kier alpha value is -2.87. The van der Waals surface area contributed by atoms with Gasteiger partial charge in [0.2, 0.25) is 0 Å². The quantitative estimate of drug-likeness (QED) is 0.628. The van der Waals surface area contributed by atoms with Gasteiger partial charge in [0.05, 0.1) is 4.92 Å². The molecular weight excluding hydrogens is 266 g/mol. The van der Waals surface area contributed by atoms with Gasteiger partial charge in [-0.05, 0) is 43.7 Å². The summed E-state index contributed by atoms with van der Waals surface area (Å²) < 4.78 is 0. The molecular formula is C16H15N3O2. The van der Waals surface area contributed by atoms with E-state index < -0.39 is 4.92 Å². The van der Waals surface area contributed by atoms with Crippen LogP contribution in [0.15, 0.2) is 42.5 Å². The number of benzene rings is 2. The Balaban J connectivity index is 2.51. The van der Waals surface area contributed by atoms with Gasteiger partial charge in [0.15, 0.2) is 0 Å². The van der Waals surface area contributed by atoms with E-state index in [0.29, 0.717) is 12.2 Å². The first-order chi connectivity index (χ1) is 10.1. The zero-order valence-electron chi connectivity index (χ0n) is 11.9. The molecule has 0 amide bonds. The Morgan fingerprint density at radius 3 is 2.52 bits per heavy atom. The van der Waals surface area contributed by atoms with Gasteiger partial charge in [-0.1, -0.05) is 12.1 Å². The highest BCUT2D eigenvalue weighted by atomic mass is 16.6. The Morgan fingerprint density at radius 1 is 1.24 bits per heavy atom. The third-order valence-electron chi connectivity index (χ3n) is 3.24. The fraction of sp³-hybridized carbons (Fsp3) is 0.188. The fourth-order valence-corrected chi connectivity index (χ4v) is 2.24. The third kappa shape index (κ3) is 3.00. The van der Waals surface area contributed by atoms with E-state index in [4.69, 9.17) is 5.26 Å². The van der Waals surface area contributed by atoms with E-state index in [-0.39, 0.29) is 11.3 Å². The number of nitriles is 1. The second-order valence-electron chi connectivity index (χ2n) is 4.65. The number of anilines is 2. The predicted molar refractivity (Wildman–Crippen MR) is 81.7 cm³/mol. The molecule has 0 atom stereocenters. The highest BCUT2D eigenvalue weighted by Crippen LogP contribution is 2.30. The second-order valence-corrected chi connectivity index (χ2v) is 4.65. The average molecular weight is 281 g/mol. The van der Waals surface area contributed by atoms with E-state index >= 15 is 0 Å². The van der Waals surface area contributed by atoms with Crippen molar-refractivity contribution in [3.63, 3.8) is 0 Å². The normalized spacial score (nSPS) is 9.95. The van der Waals surface area contributed by atoms with Crippen LogP contribution in [0.2, 0.25) is 0 Å². The molecule has 2 aromatic carbocycles. The maximum Gasteiger partial charge on any atom is 0.289 e. The summed E-state index contributed by atoms with van der Waals surface area (Å²) in [6.45, 7) is 4.65. The topological polar surface area (TPSA) is 70.2 Å². The predicted octanol–water partition coefficient (Wildman–Crippen LogP) is 3.93. The lowest BCUT2D eigenvalue weighted by molar-refractivity contribution is -0.385. The van der Waals surface area contributed by atoms with Crippen molar-refractivity contribution in [2.24, 2.45) is 0 Å². The van der Waals surface area contributed by atoms with Crippen molar-refractivity contribution in [1.29, 1.82) is 5.26 Å². The maximum absolute atomic E-state index is 11.1. The lowest BCUT2D eigenvalue weighted by Gasteiger charge is -2.23. The Kier molecular flexibility index (Phi) is 4.19. The van der Waals surface area contributed by atoms with Gasteiger partial charge in [-0.25, -0.2) is 0 Å². The van der Waals surface area contributed by atoms with Gasteiger partial charge < -0.3 is 4.90 Å². The van der Waals surface area contributed by atoms with Gasteiger partial charge in [-0.15, -0.1) is 0 Å². The van der Waals surface area contributed by atoms with E-state index in [1.165, 1.54) is 12.1 Å². The number of aryl methyl sites for hydroxylation is 1. The Morgan fingerprint density at radius 2 is 1.95 bits per heavy atom. The summed E-state index contributed by atoms with van der Waals surface area (Å²) in [5.41, 5.74) is 2.70. The zero-order valence-corrected chi connectivity index (χ0v) is 11.9. The molecule has 0 saturated carbocycles. The van der Waals surface area contributed by atoms with Crippen molar-refractivity contribution in [2.75, 3.05) is 11.4 Å². The molecule has 0 radical (unpaired) electrons. The summed E-state index contributed by atoms with van der Waals surface area (Å²) in [5.74, 6) is 0. The fourth-order valence-electron chi connectivity index (χ4n) is 2.24. The van der Waals surface area contributed by atoms with E-state index in [1.54, 1.807) is 6.07 Å². The van der Waals surface area contributed by atoms with Crippen molar-refractivity contribution in [3.8, 4) is 6.07 Å². The van der Waals surface area contributed by atoms with Crippen molar-refractivity contribution in [1.82, 2.24) is 0 Å². The van der Waals surface area contributed by atoms with Crippen LogP contribution >= 0.6 is 0 Å². The molecule has 0 aliphatic carbocycles. The third-order valence-corrected chi connectivity index (χ3v) is 3.24. The minimum Gasteiger partial charge on any atom is -0.342 e. The van der Waals surface area contributed by atoms with Crippen molar-refractivity contribution >= 4 is 17.1 Å². The first-order valence-corrected chi connectivity index (χ1v) is 6.59. The summed E-state index contributed by atoms with van der Waals surface area (Å²) >= 11 is 0. The van der Waals surface area contributed by atoms with Gasteiger partial charge >= 0.3 is 0 Å². The van der Waals surface area contributed by atoms with Gasteiger partial charge in [-0.3, -0.25) is 10.1 Å².